The Morgan fingerprint density at radius 3 is 2.67 bits per heavy atom. The van der Waals surface area contributed by atoms with Crippen molar-refractivity contribution in [1.82, 2.24) is 14.3 Å². The summed E-state index contributed by atoms with van der Waals surface area (Å²) in [5, 5.41) is 6.51. The second-order valence-corrected chi connectivity index (χ2v) is 5.43. The van der Waals surface area contributed by atoms with Crippen LogP contribution in [0.4, 0.5) is 10.1 Å². The largest absolute Gasteiger partial charge is 0.319 e. The minimum atomic E-state index is -0.599. The second kappa shape index (κ2) is 9.23. The van der Waals surface area contributed by atoms with Gasteiger partial charge in [0.15, 0.2) is 0 Å². The normalized spacial score (nSPS) is 11.6. The summed E-state index contributed by atoms with van der Waals surface area (Å²) in [6.45, 7) is 5.80. The minimum absolute atomic E-state index is 0.0830. The van der Waals surface area contributed by atoms with Gasteiger partial charge in [0.25, 0.3) is 17.0 Å². The molecule has 0 aliphatic rings. The molecule has 0 unspecified atom stereocenters. The van der Waals surface area contributed by atoms with Crippen LogP contribution in [0.5, 0.6) is 0 Å². The first-order valence-electron chi connectivity index (χ1n) is 8.20. The summed E-state index contributed by atoms with van der Waals surface area (Å²) in [6, 6.07) is 5.17. The van der Waals surface area contributed by atoms with Crippen LogP contribution < -0.4 is 16.4 Å². The van der Waals surface area contributed by atoms with E-state index in [0.717, 1.165) is 10.7 Å². The highest BCUT2D eigenvalue weighted by molar-refractivity contribution is 6.02. The monoisotopic (exact) mass is 370 g/mol. The lowest BCUT2D eigenvalue weighted by Gasteiger charge is -2.09. The van der Waals surface area contributed by atoms with Gasteiger partial charge in [-0.3, -0.25) is 14.4 Å². The molecule has 0 fully saturated rings. The molecule has 140 valence electrons. The highest BCUT2D eigenvalue weighted by Gasteiger charge is 2.12. The summed E-state index contributed by atoms with van der Waals surface area (Å²) in [4.78, 5) is 36.0. The van der Waals surface area contributed by atoms with E-state index in [1.54, 1.807) is 19.1 Å². The maximum Gasteiger partial charge on any atom is 0.276 e. The second-order valence-electron chi connectivity index (χ2n) is 5.43. The molecule has 8 heteroatoms. The molecular weight excluding hydrogens is 351 g/mol. The van der Waals surface area contributed by atoms with E-state index >= 15 is 0 Å². The summed E-state index contributed by atoms with van der Waals surface area (Å²) in [5.41, 5.74) is -0.575. The molecule has 0 aliphatic carbocycles. The van der Waals surface area contributed by atoms with Gasteiger partial charge in [-0.05, 0) is 31.6 Å². The molecule has 1 N–H and O–H groups in total. The van der Waals surface area contributed by atoms with Gasteiger partial charge in [0.05, 0.1) is 11.4 Å². The Hall–Kier alpha value is -3.55. The van der Waals surface area contributed by atoms with Crippen LogP contribution in [0.15, 0.2) is 71.2 Å². The summed E-state index contributed by atoms with van der Waals surface area (Å²) in [6.07, 6.45) is 6.80. The molecule has 0 aromatic carbocycles. The molecule has 2 aromatic rings. The van der Waals surface area contributed by atoms with Crippen LogP contribution in [0.3, 0.4) is 0 Å². The SMILES string of the molecule is C=CC/C=C\C(=C\F)n1nc(C(=O)Nc2ccc(=O)n(CC)c2)ccc1=O. The van der Waals surface area contributed by atoms with Gasteiger partial charge in [0.1, 0.15) is 12.0 Å². The first kappa shape index (κ1) is 19.8. The number of amides is 1. The maximum atomic E-state index is 13.2. The number of nitrogens with zero attached hydrogens (tertiary/aromatic N) is 3. The molecule has 0 saturated heterocycles. The molecular formula is C19H19FN4O3. The maximum absolute atomic E-state index is 13.2. The lowest BCUT2D eigenvalue weighted by Crippen LogP contribution is -2.25. The standard InChI is InChI=1S/C19H19FN4O3/c1-3-5-6-7-15(12-20)24-18(26)11-9-16(22-24)19(27)21-14-8-10-17(25)23(4-2)13-14/h3,6-13H,1,4-5H2,2H3,(H,21,27)/b7-6-,15-12-. The van der Waals surface area contributed by atoms with Crippen molar-refractivity contribution < 1.29 is 9.18 Å². The number of hydrogen-bond donors (Lipinski definition) is 1. The third-order valence-electron chi connectivity index (χ3n) is 3.56. The van der Waals surface area contributed by atoms with E-state index in [9.17, 15) is 18.8 Å². The van der Waals surface area contributed by atoms with E-state index in [1.165, 1.54) is 35.0 Å². The zero-order valence-corrected chi connectivity index (χ0v) is 14.8. The smallest absolute Gasteiger partial charge is 0.276 e. The molecule has 1 amide bonds. The first-order chi connectivity index (χ1) is 13.0. The molecule has 0 atom stereocenters. The van der Waals surface area contributed by atoms with Crippen molar-refractivity contribution >= 4 is 17.3 Å². The Bertz CT molecular complexity index is 1020. The molecule has 0 spiro atoms. The predicted molar refractivity (Wildman–Crippen MR) is 102 cm³/mol. The Morgan fingerprint density at radius 2 is 2.00 bits per heavy atom. The predicted octanol–water partition coefficient (Wildman–Crippen LogP) is 2.58. The zero-order chi connectivity index (χ0) is 19.8. The van der Waals surface area contributed by atoms with Crippen LogP contribution in [0.25, 0.3) is 5.70 Å². The number of rotatable bonds is 7. The van der Waals surface area contributed by atoms with Crippen molar-refractivity contribution in [2.24, 2.45) is 0 Å². The minimum Gasteiger partial charge on any atom is -0.319 e. The molecule has 7 nitrogen and oxygen atoms in total. The van der Waals surface area contributed by atoms with Gasteiger partial charge in [0, 0.05) is 24.9 Å². The number of allylic oxidation sites excluding steroid dienone is 4. The van der Waals surface area contributed by atoms with E-state index in [2.05, 4.69) is 17.0 Å². The van der Waals surface area contributed by atoms with Crippen LogP contribution in [0.1, 0.15) is 23.8 Å². The van der Waals surface area contributed by atoms with Crippen molar-refractivity contribution in [3.05, 3.63) is 88.0 Å². The van der Waals surface area contributed by atoms with Crippen molar-refractivity contribution in [2.75, 3.05) is 5.32 Å². The van der Waals surface area contributed by atoms with Crippen LogP contribution in [-0.2, 0) is 6.54 Å². The summed E-state index contributed by atoms with van der Waals surface area (Å²) < 4.78 is 15.4. The lowest BCUT2D eigenvalue weighted by atomic mass is 10.3. The van der Waals surface area contributed by atoms with Crippen molar-refractivity contribution in [3.63, 3.8) is 0 Å². The van der Waals surface area contributed by atoms with Gasteiger partial charge >= 0.3 is 0 Å². The molecule has 27 heavy (non-hydrogen) atoms. The molecule has 0 aliphatic heterocycles. The van der Waals surface area contributed by atoms with Gasteiger partial charge in [-0.1, -0.05) is 12.2 Å². The lowest BCUT2D eigenvalue weighted by molar-refractivity contribution is 0.102. The number of halogens is 1. The average molecular weight is 370 g/mol. The fourth-order valence-electron chi connectivity index (χ4n) is 2.20. The van der Waals surface area contributed by atoms with Crippen molar-refractivity contribution in [2.45, 2.75) is 19.9 Å². The van der Waals surface area contributed by atoms with Crippen molar-refractivity contribution in [1.29, 1.82) is 0 Å². The van der Waals surface area contributed by atoms with E-state index in [0.29, 0.717) is 18.7 Å². The van der Waals surface area contributed by atoms with Crippen LogP contribution in [0, 0.1) is 0 Å². The quantitative estimate of drug-likeness (QED) is 0.600. The highest BCUT2D eigenvalue weighted by atomic mass is 19.1. The molecule has 2 heterocycles. The van der Waals surface area contributed by atoms with E-state index < -0.39 is 11.5 Å². The van der Waals surface area contributed by atoms with Gasteiger partial charge in [-0.25, -0.2) is 4.39 Å². The Balaban J connectivity index is 2.31. The molecule has 2 rings (SSSR count). The zero-order valence-electron chi connectivity index (χ0n) is 14.8. The Kier molecular flexibility index (Phi) is 6.76. The fraction of sp³-hybridized carbons (Fsp3) is 0.158. The van der Waals surface area contributed by atoms with Gasteiger partial charge in [-0.2, -0.15) is 9.78 Å². The summed E-state index contributed by atoms with van der Waals surface area (Å²) >= 11 is 0. The van der Waals surface area contributed by atoms with E-state index in [4.69, 9.17) is 0 Å². The number of carbonyl (C=O) groups excluding carboxylic acids is 1. The van der Waals surface area contributed by atoms with Crippen LogP contribution >= 0.6 is 0 Å². The van der Waals surface area contributed by atoms with Crippen LogP contribution in [0.2, 0.25) is 0 Å². The summed E-state index contributed by atoms with van der Waals surface area (Å²) in [7, 11) is 0. The van der Waals surface area contributed by atoms with E-state index in [-0.39, 0.29) is 23.3 Å². The Labute approximate surface area is 154 Å². The Morgan fingerprint density at radius 1 is 1.26 bits per heavy atom. The summed E-state index contributed by atoms with van der Waals surface area (Å²) in [5.74, 6) is -0.599. The average Bonchev–Trinajstić information content (AvgIpc) is 2.67. The van der Waals surface area contributed by atoms with Crippen molar-refractivity contribution in [3.8, 4) is 0 Å². The van der Waals surface area contributed by atoms with Gasteiger partial charge in [-0.15, -0.1) is 6.58 Å². The fourth-order valence-corrected chi connectivity index (χ4v) is 2.20. The number of nitrogens with one attached hydrogen (secondary N) is 1. The third-order valence-corrected chi connectivity index (χ3v) is 3.56. The molecule has 0 radical (unpaired) electrons. The number of pyridine rings is 1. The molecule has 2 aromatic heterocycles. The van der Waals surface area contributed by atoms with Gasteiger partial charge < -0.3 is 9.88 Å². The third kappa shape index (κ3) is 4.97. The van der Waals surface area contributed by atoms with E-state index in [1.807, 2.05) is 0 Å². The molecule has 0 bridgehead atoms. The number of anilines is 1. The van der Waals surface area contributed by atoms with Gasteiger partial charge in [0.2, 0.25) is 0 Å². The first-order valence-corrected chi connectivity index (χ1v) is 8.20. The molecule has 0 saturated carbocycles. The van der Waals surface area contributed by atoms with Crippen LogP contribution in [-0.4, -0.2) is 20.3 Å². The number of hydrogen-bond acceptors (Lipinski definition) is 4. The number of aromatic nitrogens is 3. The number of aryl methyl sites for hydroxylation is 1. The topological polar surface area (TPSA) is 86.0 Å². The highest BCUT2D eigenvalue weighted by Crippen LogP contribution is 2.08. The number of carbonyl (C=O) groups is 1.